The Labute approximate surface area is 106 Å². The topological polar surface area (TPSA) is 125 Å². The maximum absolute atomic E-state index is 11.7. The number of hydrogen-bond donors (Lipinski definition) is 3. The van der Waals surface area contributed by atoms with E-state index in [9.17, 15) is 14.4 Å². The highest BCUT2D eigenvalue weighted by Crippen LogP contribution is 2.02. The zero-order valence-corrected chi connectivity index (χ0v) is 10.9. The van der Waals surface area contributed by atoms with Gasteiger partial charge < -0.3 is 21.5 Å². The van der Waals surface area contributed by atoms with Crippen LogP contribution in [-0.2, 0) is 19.1 Å². The zero-order valence-electron chi connectivity index (χ0n) is 10.9. The molecule has 7 nitrogen and oxygen atoms in total. The molecule has 0 aromatic carbocycles. The highest BCUT2D eigenvalue weighted by atomic mass is 16.5. The number of nitrogens with one attached hydrogen (secondary N) is 1. The molecule has 2 atom stereocenters. The van der Waals surface area contributed by atoms with Crippen molar-refractivity contribution >= 4 is 17.8 Å². The van der Waals surface area contributed by atoms with Crippen molar-refractivity contribution in [1.29, 1.82) is 0 Å². The summed E-state index contributed by atoms with van der Waals surface area (Å²) in [6, 6.07) is -1.63. The summed E-state index contributed by atoms with van der Waals surface area (Å²) in [4.78, 5) is 33.8. The molecule has 18 heavy (non-hydrogen) atoms. The average molecular weight is 259 g/mol. The zero-order chi connectivity index (χ0) is 14.3. The van der Waals surface area contributed by atoms with E-state index in [1.54, 1.807) is 13.8 Å². The second-order valence-corrected chi connectivity index (χ2v) is 4.35. The number of hydrogen-bond acceptors (Lipinski definition) is 5. The van der Waals surface area contributed by atoms with E-state index in [-0.39, 0.29) is 18.8 Å². The van der Waals surface area contributed by atoms with Gasteiger partial charge in [-0.3, -0.25) is 14.4 Å². The Morgan fingerprint density at radius 3 is 2.22 bits per heavy atom. The van der Waals surface area contributed by atoms with Crippen LogP contribution in [0.15, 0.2) is 0 Å². The van der Waals surface area contributed by atoms with E-state index in [0.717, 1.165) is 0 Å². The molecule has 0 spiro atoms. The Hall–Kier alpha value is -1.63. The van der Waals surface area contributed by atoms with Gasteiger partial charge in [0, 0.05) is 6.42 Å². The minimum Gasteiger partial charge on any atom is -0.469 e. The third-order valence-electron chi connectivity index (χ3n) is 2.55. The van der Waals surface area contributed by atoms with Gasteiger partial charge in [-0.2, -0.15) is 0 Å². The van der Waals surface area contributed by atoms with Crippen molar-refractivity contribution in [2.45, 2.75) is 38.8 Å². The third kappa shape index (κ3) is 5.62. The number of methoxy groups -OCH3 is 1. The molecular weight excluding hydrogens is 238 g/mol. The molecule has 0 aliphatic heterocycles. The molecule has 0 saturated heterocycles. The molecule has 0 aliphatic carbocycles. The molecule has 0 fully saturated rings. The predicted octanol–water partition coefficient (Wildman–Crippen LogP) is -1.11. The lowest BCUT2D eigenvalue weighted by molar-refractivity contribution is -0.141. The minimum atomic E-state index is -0.915. The first-order chi connectivity index (χ1) is 8.29. The van der Waals surface area contributed by atoms with Crippen LogP contribution in [0.5, 0.6) is 0 Å². The van der Waals surface area contributed by atoms with E-state index < -0.39 is 29.9 Å². The number of esters is 1. The van der Waals surface area contributed by atoms with Crippen LogP contribution in [0.4, 0.5) is 0 Å². The molecule has 2 amide bonds. The van der Waals surface area contributed by atoms with Crippen LogP contribution in [0.1, 0.15) is 26.7 Å². The van der Waals surface area contributed by atoms with Gasteiger partial charge in [-0.15, -0.1) is 0 Å². The fourth-order valence-corrected chi connectivity index (χ4v) is 1.22. The van der Waals surface area contributed by atoms with Gasteiger partial charge in [0.05, 0.1) is 13.2 Å². The number of amides is 2. The van der Waals surface area contributed by atoms with E-state index in [1.165, 1.54) is 7.11 Å². The first-order valence-corrected chi connectivity index (χ1v) is 5.71. The lowest BCUT2D eigenvalue weighted by Crippen LogP contribution is -2.52. The van der Waals surface area contributed by atoms with Gasteiger partial charge in [-0.05, 0) is 12.3 Å². The van der Waals surface area contributed by atoms with Gasteiger partial charge in [0.1, 0.15) is 6.04 Å². The van der Waals surface area contributed by atoms with E-state index in [1.807, 2.05) is 0 Å². The molecule has 0 aromatic heterocycles. The van der Waals surface area contributed by atoms with Gasteiger partial charge in [-0.1, -0.05) is 13.8 Å². The summed E-state index contributed by atoms with van der Waals surface area (Å²) in [5.41, 5.74) is 10.8. The van der Waals surface area contributed by atoms with Crippen LogP contribution in [0, 0.1) is 5.92 Å². The maximum atomic E-state index is 11.7. The van der Waals surface area contributed by atoms with Crippen molar-refractivity contribution < 1.29 is 19.1 Å². The summed E-state index contributed by atoms with van der Waals surface area (Å²) in [6.07, 6.45) is 0.0971. The molecule has 0 aliphatic rings. The highest BCUT2D eigenvalue weighted by Gasteiger charge is 2.24. The summed E-state index contributed by atoms with van der Waals surface area (Å²) in [5.74, 6) is -1.69. The number of rotatable bonds is 7. The van der Waals surface area contributed by atoms with Gasteiger partial charge in [-0.25, -0.2) is 0 Å². The Balaban J connectivity index is 4.41. The van der Waals surface area contributed by atoms with E-state index in [4.69, 9.17) is 11.5 Å². The number of carbonyl (C=O) groups excluding carboxylic acids is 3. The standard InChI is InChI=1S/C11H21N3O4/c1-6(2)9(12)11(17)14-7(10(13)16)4-5-8(15)18-3/h6-7,9H,4-5,12H2,1-3H3,(H2,13,16)(H,14,17)/t7-,9+/m1/s1. The number of carbonyl (C=O) groups is 3. The van der Waals surface area contributed by atoms with Gasteiger partial charge in [0.25, 0.3) is 0 Å². The predicted molar refractivity (Wildman–Crippen MR) is 65.2 cm³/mol. The molecule has 0 bridgehead atoms. The second kappa shape index (κ2) is 7.65. The lowest BCUT2D eigenvalue weighted by Gasteiger charge is -2.20. The van der Waals surface area contributed by atoms with E-state index in [2.05, 4.69) is 10.1 Å². The molecule has 104 valence electrons. The molecule has 0 unspecified atom stereocenters. The molecule has 5 N–H and O–H groups in total. The summed E-state index contributed by atoms with van der Waals surface area (Å²) in [5, 5.41) is 2.43. The maximum Gasteiger partial charge on any atom is 0.305 e. The lowest BCUT2D eigenvalue weighted by atomic mass is 10.0. The number of primary amides is 1. The molecule has 0 aromatic rings. The molecule has 0 heterocycles. The second-order valence-electron chi connectivity index (χ2n) is 4.35. The Bertz CT molecular complexity index is 317. The monoisotopic (exact) mass is 259 g/mol. The molecule has 0 rings (SSSR count). The van der Waals surface area contributed by atoms with Gasteiger partial charge in [0.2, 0.25) is 11.8 Å². The van der Waals surface area contributed by atoms with Crippen molar-refractivity contribution in [3.8, 4) is 0 Å². The van der Waals surface area contributed by atoms with Gasteiger partial charge in [0.15, 0.2) is 0 Å². The summed E-state index contributed by atoms with van der Waals surface area (Å²) < 4.78 is 4.44. The fraction of sp³-hybridized carbons (Fsp3) is 0.727. The summed E-state index contributed by atoms with van der Waals surface area (Å²) in [7, 11) is 1.24. The molecule has 7 heteroatoms. The molecular formula is C11H21N3O4. The normalized spacial score (nSPS) is 13.8. The van der Waals surface area contributed by atoms with E-state index in [0.29, 0.717) is 0 Å². The third-order valence-corrected chi connectivity index (χ3v) is 2.55. The van der Waals surface area contributed by atoms with Crippen LogP contribution in [0.3, 0.4) is 0 Å². The Morgan fingerprint density at radius 2 is 1.83 bits per heavy atom. The largest absolute Gasteiger partial charge is 0.469 e. The molecule has 0 saturated carbocycles. The Kier molecular flexibility index (Phi) is 6.96. The van der Waals surface area contributed by atoms with Crippen LogP contribution < -0.4 is 16.8 Å². The summed E-state index contributed by atoms with van der Waals surface area (Å²) >= 11 is 0. The number of ether oxygens (including phenoxy) is 1. The first kappa shape index (κ1) is 16.4. The van der Waals surface area contributed by atoms with Crippen molar-refractivity contribution in [3.63, 3.8) is 0 Å². The Morgan fingerprint density at radius 1 is 1.28 bits per heavy atom. The first-order valence-electron chi connectivity index (χ1n) is 5.71. The quantitative estimate of drug-likeness (QED) is 0.500. The smallest absolute Gasteiger partial charge is 0.305 e. The van der Waals surface area contributed by atoms with E-state index >= 15 is 0 Å². The fourth-order valence-electron chi connectivity index (χ4n) is 1.22. The van der Waals surface area contributed by atoms with Crippen molar-refractivity contribution in [2.75, 3.05) is 7.11 Å². The minimum absolute atomic E-state index is 0.00129. The van der Waals surface area contributed by atoms with Crippen LogP contribution in [0.2, 0.25) is 0 Å². The van der Waals surface area contributed by atoms with Crippen LogP contribution in [0.25, 0.3) is 0 Å². The summed E-state index contributed by atoms with van der Waals surface area (Å²) in [6.45, 7) is 3.58. The highest BCUT2D eigenvalue weighted by molar-refractivity contribution is 5.89. The van der Waals surface area contributed by atoms with Gasteiger partial charge >= 0.3 is 5.97 Å². The van der Waals surface area contributed by atoms with Crippen molar-refractivity contribution in [3.05, 3.63) is 0 Å². The van der Waals surface area contributed by atoms with Crippen LogP contribution >= 0.6 is 0 Å². The average Bonchev–Trinajstić information content (AvgIpc) is 2.31. The SMILES string of the molecule is COC(=O)CC[C@@H](NC(=O)[C@@H](N)C(C)C)C(N)=O. The van der Waals surface area contributed by atoms with Crippen LogP contribution in [-0.4, -0.2) is 37.0 Å². The van der Waals surface area contributed by atoms with Crippen molar-refractivity contribution in [1.82, 2.24) is 5.32 Å². The number of nitrogens with two attached hydrogens (primary N) is 2. The molecule has 0 radical (unpaired) electrons. The van der Waals surface area contributed by atoms with Crippen molar-refractivity contribution in [2.24, 2.45) is 17.4 Å².